The third-order valence-corrected chi connectivity index (χ3v) is 4.03. The van der Waals surface area contributed by atoms with Crippen LogP contribution in [-0.4, -0.2) is 11.4 Å². The number of nitrogens with one attached hydrogen (secondary N) is 1. The Hall–Kier alpha value is -0.670. The highest BCUT2D eigenvalue weighted by Gasteiger charge is 2.32. The van der Waals surface area contributed by atoms with Crippen LogP contribution in [0.4, 0.5) is 8.78 Å². The Balaban J connectivity index is 2.06. The van der Waals surface area contributed by atoms with Gasteiger partial charge in [-0.15, -0.1) is 11.6 Å². The van der Waals surface area contributed by atoms with Crippen molar-refractivity contribution in [1.29, 1.82) is 0 Å². The summed E-state index contributed by atoms with van der Waals surface area (Å²) in [4.78, 5) is 0. The summed E-state index contributed by atoms with van der Waals surface area (Å²) < 4.78 is 26.9. The number of alkyl halides is 1. The summed E-state index contributed by atoms with van der Waals surface area (Å²) >= 11 is 5.96. The van der Waals surface area contributed by atoms with Gasteiger partial charge in [-0.25, -0.2) is 8.78 Å². The van der Waals surface area contributed by atoms with Crippen LogP contribution in [0.25, 0.3) is 0 Å². The molecule has 0 amide bonds. The molecule has 0 aromatic heterocycles. The normalized spacial score (nSPS) is 18.5. The van der Waals surface area contributed by atoms with Gasteiger partial charge in [0.15, 0.2) is 0 Å². The first-order valence-electron chi connectivity index (χ1n) is 5.91. The maximum atomic E-state index is 13.4. The molecule has 0 unspecified atom stereocenters. The van der Waals surface area contributed by atoms with Gasteiger partial charge in [-0.05, 0) is 25.0 Å². The van der Waals surface area contributed by atoms with Crippen LogP contribution in [0.5, 0.6) is 0 Å². The Kier molecular flexibility index (Phi) is 4.00. The van der Waals surface area contributed by atoms with Crippen LogP contribution in [0, 0.1) is 11.6 Å². The lowest BCUT2D eigenvalue weighted by molar-refractivity contribution is 0.360. The molecule has 1 N–H and O–H groups in total. The van der Waals surface area contributed by atoms with E-state index in [-0.39, 0.29) is 17.6 Å². The molecule has 0 bridgehead atoms. The molecule has 1 fully saturated rings. The molecule has 0 saturated heterocycles. The minimum atomic E-state index is -0.500. The Morgan fingerprint density at radius 2 is 1.76 bits per heavy atom. The predicted octanol–water partition coefficient (Wildman–Crippen LogP) is 3.61. The molecule has 4 heteroatoms. The molecule has 0 atom stereocenters. The minimum Gasteiger partial charge on any atom is -0.306 e. The van der Waals surface area contributed by atoms with Gasteiger partial charge in [0.05, 0.1) is 0 Å². The molecule has 94 valence electrons. The first-order chi connectivity index (χ1) is 8.17. The summed E-state index contributed by atoms with van der Waals surface area (Å²) in [6, 6.07) is 3.94. The van der Waals surface area contributed by atoms with Crippen molar-refractivity contribution < 1.29 is 8.78 Å². The van der Waals surface area contributed by atoms with Gasteiger partial charge in [0.2, 0.25) is 0 Å². The van der Waals surface area contributed by atoms with E-state index in [1.54, 1.807) is 0 Å². The second kappa shape index (κ2) is 5.32. The fourth-order valence-electron chi connectivity index (χ4n) is 2.39. The maximum absolute atomic E-state index is 13.4. The van der Waals surface area contributed by atoms with Crippen LogP contribution in [0.15, 0.2) is 18.2 Å². The lowest BCUT2D eigenvalue weighted by atomic mass is 10.00. The Labute approximate surface area is 105 Å². The zero-order valence-electron chi connectivity index (χ0n) is 9.61. The molecule has 1 aliphatic carbocycles. The number of rotatable bonds is 4. The van der Waals surface area contributed by atoms with E-state index in [2.05, 4.69) is 5.32 Å². The zero-order chi connectivity index (χ0) is 12.3. The van der Waals surface area contributed by atoms with E-state index in [1.807, 2.05) is 0 Å². The standard InChI is InChI=1S/C13H16ClF2N/c14-9-13(6-1-2-7-13)17-8-10-11(15)4-3-5-12(10)16/h3-5,17H,1-2,6-9H2. The van der Waals surface area contributed by atoms with Gasteiger partial charge >= 0.3 is 0 Å². The van der Waals surface area contributed by atoms with Crippen LogP contribution in [0.2, 0.25) is 0 Å². The third kappa shape index (κ3) is 2.78. The molecule has 1 saturated carbocycles. The summed E-state index contributed by atoms with van der Waals surface area (Å²) in [6.45, 7) is 0.200. The van der Waals surface area contributed by atoms with Crippen LogP contribution in [-0.2, 0) is 6.54 Å². The van der Waals surface area contributed by atoms with E-state index in [0.29, 0.717) is 5.88 Å². The molecule has 0 spiro atoms. The van der Waals surface area contributed by atoms with E-state index in [9.17, 15) is 8.78 Å². The minimum absolute atomic E-state index is 0.101. The molecule has 17 heavy (non-hydrogen) atoms. The summed E-state index contributed by atoms with van der Waals surface area (Å²) in [6.07, 6.45) is 4.21. The van der Waals surface area contributed by atoms with Crippen molar-refractivity contribution in [2.75, 3.05) is 5.88 Å². The molecular weight excluding hydrogens is 244 g/mol. The van der Waals surface area contributed by atoms with Gasteiger partial charge < -0.3 is 5.32 Å². The highest BCUT2D eigenvalue weighted by molar-refractivity contribution is 6.18. The van der Waals surface area contributed by atoms with Crippen molar-refractivity contribution >= 4 is 11.6 Å². The molecule has 0 heterocycles. The summed E-state index contributed by atoms with van der Waals surface area (Å²) in [5, 5.41) is 3.23. The number of hydrogen-bond donors (Lipinski definition) is 1. The van der Waals surface area contributed by atoms with Gasteiger partial charge in [-0.2, -0.15) is 0 Å². The molecule has 1 nitrogen and oxygen atoms in total. The fourth-order valence-corrected chi connectivity index (χ4v) is 2.75. The van der Waals surface area contributed by atoms with Crippen LogP contribution >= 0.6 is 11.6 Å². The highest BCUT2D eigenvalue weighted by Crippen LogP contribution is 2.31. The van der Waals surface area contributed by atoms with Gasteiger partial charge in [0.1, 0.15) is 11.6 Å². The second-order valence-electron chi connectivity index (χ2n) is 4.67. The third-order valence-electron chi connectivity index (χ3n) is 3.52. The van der Waals surface area contributed by atoms with Gasteiger partial charge in [0.25, 0.3) is 0 Å². The average molecular weight is 260 g/mol. The largest absolute Gasteiger partial charge is 0.306 e. The van der Waals surface area contributed by atoms with Crippen molar-refractivity contribution in [3.63, 3.8) is 0 Å². The molecule has 0 radical (unpaired) electrons. The topological polar surface area (TPSA) is 12.0 Å². The smallest absolute Gasteiger partial charge is 0.130 e. The van der Waals surface area contributed by atoms with Gasteiger partial charge in [-0.1, -0.05) is 18.9 Å². The van der Waals surface area contributed by atoms with E-state index < -0.39 is 11.6 Å². The number of halogens is 3. The second-order valence-corrected chi connectivity index (χ2v) is 4.94. The molecule has 0 aliphatic heterocycles. The first-order valence-corrected chi connectivity index (χ1v) is 6.44. The number of hydrogen-bond acceptors (Lipinski definition) is 1. The van der Waals surface area contributed by atoms with Gasteiger partial charge in [0, 0.05) is 23.5 Å². The SMILES string of the molecule is Fc1cccc(F)c1CNC1(CCl)CCCC1. The van der Waals surface area contributed by atoms with Crippen molar-refractivity contribution in [3.8, 4) is 0 Å². The summed E-state index contributed by atoms with van der Waals surface area (Å²) in [5.74, 6) is -0.510. The molecule has 1 aromatic rings. The monoisotopic (exact) mass is 259 g/mol. The Bertz CT molecular complexity index is 369. The van der Waals surface area contributed by atoms with Crippen molar-refractivity contribution in [2.45, 2.75) is 37.8 Å². The van der Waals surface area contributed by atoms with E-state index in [4.69, 9.17) is 11.6 Å². The summed E-state index contributed by atoms with van der Waals surface area (Å²) in [7, 11) is 0. The molecule has 1 aliphatic rings. The van der Waals surface area contributed by atoms with Gasteiger partial charge in [-0.3, -0.25) is 0 Å². The van der Waals surface area contributed by atoms with Crippen LogP contribution in [0.1, 0.15) is 31.2 Å². The zero-order valence-corrected chi connectivity index (χ0v) is 10.4. The fraction of sp³-hybridized carbons (Fsp3) is 0.538. The van der Waals surface area contributed by atoms with E-state index in [0.717, 1.165) is 25.7 Å². The van der Waals surface area contributed by atoms with Crippen molar-refractivity contribution in [2.24, 2.45) is 0 Å². The predicted molar refractivity (Wildman–Crippen MR) is 65.1 cm³/mol. The quantitative estimate of drug-likeness (QED) is 0.815. The Morgan fingerprint density at radius 1 is 1.18 bits per heavy atom. The molecule has 1 aromatic carbocycles. The number of benzene rings is 1. The van der Waals surface area contributed by atoms with Crippen molar-refractivity contribution in [1.82, 2.24) is 5.32 Å². The lowest BCUT2D eigenvalue weighted by Gasteiger charge is -2.28. The average Bonchev–Trinajstić information content (AvgIpc) is 2.78. The molecule has 2 rings (SSSR count). The molecular formula is C13H16ClF2N. The van der Waals surface area contributed by atoms with Crippen LogP contribution in [0.3, 0.4) is 0 Å². The highest BCUT2D eigenvalue weighted by atomic mass is 35.5. The van der Waals surface area contributed by atoms with Crippen LogP contribution < -0.4 is 5.32 Å². The van der Waals surface area contributed by atoms with E-state index in [1.165, 1.54) is 18.2 Å². The summed E-state index contributed by atoms with van der Waals surface area (Å²) in [5.41, 5.74) is -0.0418. The van der Waals surface area contributed by atoms with Crippen molar-refractivity contribution in [3.05, 3.63) is 35.4 Å². The Morgan fingerprint density at radius 3 is 2.29 bits per heavy atom. The lowest BCUT2D eigenvalue weighted by Crippen LogP contribution is -2.44. The first kappa shape index (κ1) is 12.8. The maximum Gasteiger partial charge on any atom is 0.130 e. The van der Waals surface area contributed by atoms with E-state index >= 15 is 0 Å².